The Morgan fingerprint density at radius 3 is 2.71 bits per heavy atom. The zero-order chi connectivity index (χ0) is 14.5. The van der Waals surface area contributed by atoms with Gasteiger partial charge in [0.2, 0.25) is 0 Å². The molecule has 1 aromatic rings. The molecule has 0 unspecified atom stereocenters. The Balaban J connectivity index is 1.39. The van der Waals surface area contributed by atoms with Crippen LogP contribution in [0.4, 0.5) is 0 Å². The summed E-state index contributed by atoms with van der Waals surface area (Å²) in [5.74, 6) is 2.66. The molecule has 0 amide bonds. The van der Waals surface area contributed by atoms with E-state index in [4.69, 9.17) is 9.47 Å². The molecular weight excluding hydrogens is 264 g/mol. The minimum atomic E-state index is 0.650. The predicted molar refractivity (Wildman–Crippen MR) is 84.0 cm³/mol. The summed E-state index contributed by atoms with van der Waals surface area (Å²) in [4.78, 5) is 2.57. The first-order valence-electron chi connectivity index (χ1n) is 8.13. The first kappa shape index (κ1) is 14.7. The van der Waals surface area contributed by atoms with Crippen LogP contribution in [0.5, 0.6) is 11.5 Å². The second kappa shape index (κ2) is 7.14. The molecule has 0 saturated carbocycles. The van der Waals surface area contributed by atoms with Gasteiger partial charge in [0.15, 0.2) is 11.5 Å². The lowest BCUT2D eigenvalue weighted by atomic mass is 9.99. The molecule has 0 bridgehead atoms. The van der Waals surface area contributed by atoms with Crippen LogP contribution in [0.3, 0.4) is 0 Å². The number of piperidine rings is 1. The maximum absolute atomic E-state index is 5.61. The molecule has 2 heterocycles. The van der Waals surface area contributed by atoms with Crippen molar-refractivity contribution >= 4 is 0 Å². The van der Waals surface area contributed by atoms with Crippen molar-refractivity contribution in [3.63, 3.8) is 0 Å². The third-order valence-electron chi connectivity index (χ3n) is 4.42. The van der Waals surface area contributed by atoms with Crippen LogP contribution in [0.1, 0.15) is 25.3 Å². The van der Waals surface area contributed by atoms with E-state index in [9.17, 15) is 0 Å². The van der Waals surface area contributed by atoms with Crippen molar-refractivity contribution in [1.29, 1.82) is 0 Å². The number of ether oxygens (including phenoxy) is 2. The van der Waals surface area contributed by atoms with Gasteiger partial charge in [0.25, 0.3) is 0 Å². The Morgan fingerprint density at radius 2 is 1.90 bits per heavy atom. The highest BCUT2D eigenvalue weighted by Gasteiger charge is 2.15. The molecule has 1 fully saturated rings. The number of nitrogens with one attached hydrogen (secondary N) is 1. The monoisotopic (exact) mass is 290 g/mol. The van der Waals surface area contributed by atoms with Gasteiger partial charge in [-0.15, -0.1) is 0 Å². The molecule has 0 radical (unpaired) electrons. The predicted octanol–water partition coefficient (Wildman–Crippen LogP) is 2.28. The summed E-state index contributed by atoms with van der Waals surface area (Å²) in [7, 11) is 0. The van der Waals surface area contributed by atoms with E-state index in [-0.39, 0.29) is 0 Å². The van der Waals surface area contributed by atoms with E-state index in [2.05, 4.69) is 29.3 Å². The highest BCUT2D eigenvalue weighted by Crippen LogP contribution is 2.30. The third kappa shape index (κ3) is 4.11. The SMILES string of the molecule is CC1CCN(CCNCc2ccc3c(c2)OCCO3)CC1. The summed E-state index contributed by atoms with van der Waals surface area (Å²) in [6.45, 7) is 9.26. The van der Waals surface area contributed by atoms with Crippen molar-refractivity contribution in [2.45, 2.75) is 26.3 Å². The molecule has 2 aliphatic heterocycles. The molecule has 3 rings (SSSR count). The Labute approximate surface area is 127 Å². The van der Waals surface area contributed by atoms with Gasteiger partial charge in [0.1, 0.15) is 13.2 Å². The van der Waals surface area contributed by atoms with Crippen molar-refractivity contribution in [2.24, 2.45) is 5.92 Å². The highest BCUT2D eigenvalue weighted by molar-refractivity contribution is 5.43. The number of rotatable bonds is 5. The van der Waals surface area contributed by atoms with Crippen molar-refractivity contribution in [1.82, 2.24) is 10.2 Å². The molecule has 2 aliphatic rings. The van der Waals surface area contributed by atoms with E-state index in [0.717, 1.165) is 37.1 Å². The number of likely N-dealkylation sites (tertiary alicyclic amines) is 1. The van der Waals surface area contributed by atoms with Gasteiger partial charge in [0, 0.05) is 19.6 Å². The molecule has 0 aliphatic carbocycles. The Morgan fingerprint density at radius 1 is 1.14 bits per heavy atom. The van der Waals surface area contributed by atoms with E-state index < -0.39 is 0 Å². The van der Waals surface area contributed by atoms with Crippen molar-refractivity contribution in [3.05, 3.63) is 23.8 Å². The Kier molecular flexibility index (Phi) is 4.99. The second-order valence-corrected chi connectivity index (χ2v) is 6.18. The summed E-state index contributed by atoms with van der Waals surface area (Å²) >= 11 is 0. The first-order chi connectivity index (χ1) is 10.3. The van der Waals surface area contributed by atoms with Crippen molar-refractivity contribution in [2.75, 3.05) is 39.4 Å². The average Bonchev–Trinajstić information content (AvgIpc) is 2.53. The maximum Gasteiger partial charge on any atom is 0.161 e. The standard InChI is InChI=1S/C17H26N2O2/c1-14-4-7-19(8-5-14)9-6-18-13-15-2-3-16-17(12-15)21-11-10-20-16/h2-3,12,14,18H,4-11,13H2,1H3. The smallest absolute Gasteiger partial charge is 0.161 e. The molecule has 1 aromatic carbocycles. The fourth-order valence-corrected chi connectivity index (χ4v) is 2.95. The third-order valence-corrected chi connectivity index (χ3v) is 4.42. The van der Waals surface area contributed by atoms with Crippen LogP contribution in [0.2, 0.25) is 0 Å². The second-order valence-electron chi connectivity index (χ2n) is 6.18. The molecule has 21 heavy (non-hydrogen) atoms. The number of nitrogens with zero attached hydrogens (tertiary/aromatic N) is 1. The summed E-state index contributed by atoms with van der Waals surface area (Å²) in [6, 6.07) is 6.21. The van der Waals surface area contributed by atoms with Crippen molar-refractivity contribution < 1.29 is 9.47 Å². The van der Waals surface area contributed by atoms with Gasteiger partial charge < -0.3 is 19.7 Å². The topological polar surface area (TPSA) is 33.7 Å². The van der Waals surface area contributed by atoms with Crippen LogP contribution in [0, 0.1) is 5.92 Å². The minimum Gasteiger partial charge on any atom is -0.486 e. The molecule has 0 atom stereocenters. The largest absolute Gasteiger partial charge is 0.486 e. The first-order valence-corrected chi connectivity index (χ1v) is 8.13. The lowest BCUT2D eigenvalue weighted by molar-refractivity contribution is 0.171. The number of hydrogen-bond donors (Lipinski definition) is 1. The zero-order valence-electron chi connectivity index (χ0n) is 12.9. The maximum atomic E-state index is 5.61. The van der Waals surface area contributed by atoms with Crippen LogP contribution in [-0.2, 0) is 6.54 Å². The van der Waals surface area contributed by atoms with Gasteiger partial charge in [0.05, 0.1) is 0 Å². The van der Waals surface area contributed by atoms with Gasteiger partial charge in [-0.05, 0) is 49.5 Å². The molecule has 4 nitrogen and oxygen atoms in total. The summed E-state index contributed by atoms with van der Waals surface area (Å²) in [5, 5.41) is 3.53. The quantitative estimate of drug-likeness (QED) is 0.844. The molecule has 0 spiro atoms. The van der Waals surface area contributed by atoms with Gasteiger partial charge in [-0.2, -0.15) is 0 Å². The van der Waals surface area contributed by atoms with Crippen LogP contribution in [0.25, 0.3) is 0 Å². The number of hydrogen-bond acceptors (Lipinski definition) is 4. The van der Waals surface area contributed by atoms with Gasteiger partial charge in [-0.25, -0.2) is 0 Å². The summed E-state index contributed by atoms with van der Waals surface area (Å²) in [6.07, 6.45) is 2.70. The average molecular weight is 290 g/mol. The van der Waals surface area contributed by atoms with Gasteiger partial charge in [-0.3, -0.25) is 0 Å². The molecule has 0 aromatic heterocycles. The van der Waals surface area contributed by atoms with Gasteiger partial charge in [-0.1, -0.05) is 13.0 Å². The van der Waals surface area contributed by atoms with Crippen molar-refractivity contribution in [3.8, 4) is 11.5 Å². The summed E-state index contributed by atoms with van der Waals surface area (Å²) in [5.41, 5.74) is 1.26. The fourth-order valence-electron chi connectivity index (χ4n) is 2.95. The van der Waals surface area contributed by atoms with Crippen LogP contribution in [0.15, 0.2) is 18.2 Å². The molecular formula is C17H26N2O2. The molecule has 1 N–H and O–H groups in total. The van der Waals surface area contributed by atoms with Gasteiger partial charge >= 0.3 is 0 Å². The van der Waals surface area contributed by atoms with Crippen LogP contribution < -0.4 is 14.8 Å². The van der Waals surface area contributed by atoms with E-state index in [1.165, 1.54) is 31.5 Å². The Bertz CT molecular complexity index is 456. The van der Waals surface area contributed by atoms with E-state index in [0.29, 0.717) is 13.2 Å². The lowest BCUT2D eigenvalue weighted by Gasteiger charge is -2.30. The Hall–Kier alpha value is -1.26. The van der Waals surface area contributed by atoms with E-state index in [1.54, 1.807) is 0 Å². The normalized spacial score (nSPS) is 19.7. The highest BCUT2D eigenvalue weighted by atomic mass is 16.6. The van der Waals surface area contributed by atoms with E-state index in [1.807, 2.05) is 6.07 Å². The lowest BCUT2D eigenvalue weighted by Crippen LogP contribution is -2.37. The zero-order valence-corrected chi connectivity index (χ0v) is 12.9. The van der Waals surface area contributed by atoms with E-state index >= 15 is 0 Å². The van der Waals surface area contributed by atoms with Crippen LogP contribution >= 0.6 is 0 Å². The molecule has 1 saturated heterocycles. The summed E-state index contributed by atoms with van der Waals surface area (Å²) < 4.78 is 11.2. The number of fused-ring (bicyclic) bond motifs is 1. The molecule has 116 valence electrons. The fraction of sp³-hybridized carbons (Fsp3) is 0.647. The number of benzene rings is 1. The van der Waals surface area contributed by atoms with Crippen LogP contribution in [-0.4, -0.2) is 44.3 Å². The minimum absolute atomic E-state index is 0.650. The molecule has 4 heteroatoms.